The predicted molar refractivity (Wildman–Crippen MR) is 62.3 cm³/mol. The van der Waals surface area contributed by atoms with Crippen LogP contribution in [-0.4, -0.2) is 24.9 Å². The number of nitrogens with one attached hydrogen (secondary N) is 1. The molecule has 0 aliphatic rings. The molecule has 0 aliphatic heterocycles. The van der Waals surface area contributed by atoms with Gasteiger partial charge >= 0.3 is 0 Å². The lowest BCUT2D eigenvalue weighted by atomic mass is 10.4. The van der Waals surface area contributed by atoms with Crippen LogP contribution < -0.4 is 0 Å². The number of aromatic nitrogens is 2. The predicted octanol–water partition coefficient (Wildman–Crippen LogP) is 1.96. The Morgan fingerprint density at radius 3 is 2.56 bits per heavy atom. The number of sulfone groups is 1. The van der Waals surface area contributed by atoms with Gasteiger partial charge in [-0.15, -0.1) is 11.8 Å². The van der Waals surface area contributed by atoms with Crippen molar-refractivity contribution in [3.63, 3.8) is 0 Å². The van der Waals surface area contributed by atoms with Crippen LogP contribution in [0.3, 0.4) is 0 Å². The summed E-state index contributed by atoms with van der Waals surface area (Å²) in [6.45, 7) is 0. The minimum atomic E-state index is -3.45. The molecule has 0 bridgehead atoms. The minimum Gasteiger partial charge on any atom is -0.271 e. The fraction of sp³-hybridized carbons (Fsp3) is 0.100. The van der Waals surface area contributed by atoms with E-state index in [0.717, 1.165) is 0 Å². The van der Waals surface area contributed by atoms with E-state index in [1.807, 2.05) is 0 Å². The molecule has 0 aliphatic carbocycles. The Morgan fingerprint density at radius 2 is 1.94 bits per heavy atom. The summed E-state index contributed by atoms with van der Waals surface area (Å²) >= 11 is 1.33. The number of hydrogen-bond acceptors (Lipinski definition) is 4. The zero-order chi connectivity index (χ0) is 11.6. The van der Waals surface area contributed by atoms with E-state index in [0.29, 0.717) is 5.03 Å². The van der Waals surface area contributed by atoms with Crippen LogP contribution in [0.4, 0.5) is 0 Å². The number of benzene rings is 1. The number of thioether (sulfide) groups is 1. The maximum absolute atomic E-state index is 12.2. The summed E-state index contributed by atoms with van der Waals surface area (Å²) in [6, 6.07) is 8.33. The van der Waals surface area contributed by atoms with Crippen molar-refractivity contribution in [2.24, 2.45) is 0 Å². The van der Waals surface area contributed by atoms with Gasteiger partial charge in [-0.1, -0.05) is 18.2 Å². The fourth-order valence-corrected chi connectivity index (χ4v) is 3.56. The smallest absolute Gasteiger partial charge is 0.210 e. The van der Waals surface area contributed by atoms with Gasteiger partial charge in [-0.3, -0.25) is 5.10 Å². The summed E-state index contributed by atoms with van der Waals surface area (Å²) < 4.78 is 24.4. The average molecular weight is 254 g/mol. The van der Waals surface area contributed by atoms with E-state index in [2.05, 4.69) is 10.2 Å². The van der Waals surface area contributed by atoms with E-state index in [-0.39, 0.29) is 9.79 Å². The molecule has 2 rings (SSSR count). The van der Waals surface area contributed by atoms with Crippen LogP contribution in [0.1, 0.15) is 0 Å². The lowest BCUT2D eigenvalue weighted by Gasteiger charge is -2.02. The molecule has 0 saturated heterocycles. The summed E-state index contributed by atoms with van der Waals surface area (Å²) in [7, 11) is -3.45. The number of nitrogens with zero attached hydrogens (tertiary/aromatic N) is 1. The average Bonchev–Trinajstić information content (AvgIpc) is 2.79. The normalized spacial score (nSPS) is 11.6. The molecule has 2 aromatic rings. The Balaban J connectivity index is 2.56. The minimum absolute atomic E-state index is 0.228. The maximum atomic E-state index is 12.2. The van der Waals surface area contributed by atoms with E-state index >= 15 is 0 Å². The van der Waals surface area contributed by atoms with Crippen molar-refractivity contribution in [1.29, 1.82) is 0 Å². The highest BCUT2D eigenvalue weighted by atomic mass is 32.2. The van der Waals surface area contributed by atoms with Crippen LogP contribution in [0.25, 0.3) is 0 Å². The third-order valence-corrected chi connectivity index (χ3v) is 4.75. The molecule has 1 N–H and O–H groups in total. The third-order valence-electron chi connectivity index (χ3n) is 2.12. The van der Waals surface area contributed by atoms with Crippen LogP contribution >= 0.6 is 11.8 Å². The largest absolute Gasteiger partial charge is 0.271 e. The fourth-order valence-electron chi connectivity index (χ4n) is 1.33. The Labute approximate surface area is 98.0 Å². The van der Waals surface area contributed by atoms with Gasteiger partial charge in [-0.05, 0) is 18.4 Å². The lowest BCUT2D eigenvalue weighted by molar-refractivity contribution is 0.594. The van der Waals surface area contributed by atoms with E-state index in [1.54, 1.807) is 36.6 Å². The van der Waals surface area contributed by atoms with Gasteiger partial charge in [-0.2, -0.15) is 5.10 Å². The second-order valence-corrected chi connectivity index (χ2v) is 5.82. The van der Waals surface area contributed by atoms with Crippen LogP contribution in [0, 0.1) is 0 Å². The SMILES string of the molecule is CSc1[nH]ncc1S(=O)(=O)c1ccccc1. The van der Waals surface area contributed by atoms with Crippen molar-refractivity contribution in [3.8, 4) is 0 Å². The summed E-state index contributed by atoms with van der Waals surface area (Å²) in [5.41, 5.74) is 0. The molecular weight excluding hydrogens is 244 g/mol. The monoisotopic (exact) mass is 254 g/mol. The van der Waals surface area contributed by atoms with Crippen molar-refractivity contribution in [1.82, 2.24) is 10.2 Å². The second kappa shape index (κ2) is 4.31. The molecule has 16 heavy (non-hydrogen) atoms. The molecule has 0 unspecified atom stereocenters. The summed E-state index contributed by atoms with van der Waals surface area (Å²) in [6.07, 6.45) is 3.14. The van der Waals surface area contributed by atoms with E-state index in [9.17, 15) is 8.42 Å². The first-order chi connectivity index (χ1) is 7.66. The highest BCUT2D eigenvalue weighted by Gasteiger charge is 2.22. The molecule has 0 atom stereocenters. The molecule has 1 aromatic carbocycles. The number of hydrogen-bond donors (Lipinski definition) is 1. The molecule has 6 heteroatoms. The van der Waals surface area contributed by atoms with Gasteiger partial charge in [0.2, 0.25) is 9.84 Å². The highest BCUT2D eigenvalue weighted by molar-refractivity contribution is 7.99. The van der Waals surface area contributed by atoms with Gasteiger partial charge < -0.3 is 0 Å². The van der Waals surface area contributed by atoms with Gasteiger partial charge in [0.1, 0.15) is 9.92 Å². The van der Waals surface area contributed by atoms with Gasteiger partial charge in [0.15, 0.2) is 0 Å². The molecule has 4 nitrogen and oxygen atoms in total. The number of H-pyrrole nitrogens is 1. The van der Waals surface area contributed by atoms with E-state index in [1.165, 1.54) is 18.0 Å². The Bertz CT molecular complexity index is 576. The molecule has 0 fully saturated rings. The molecular formula is C10H10N2O2S2. The zero-order valence-electron chi connectivity index (χ0n) is 8.54. The molecule has 1 aromatic heterocycles. The first-order valence-electron chi connectivity index (χ1n) is 4.54. The Hall–Kier alpha value is -1.27. The number of aromatic amines is 1. The first-order valence-corrected chi connectivity index (χ1v) is 7.24. The Kier molecular flexibility index (Phi) is 3.02. The topological polar surface area (TPSA) is 62.8 Å². The van der Waals surface area contributed by atoms with Crippen molar-refractivity contribution >= 4 is 21.6 Å². The van der Waals surface area contributed by atoms with Crippen LogP contribution in [-0.2, 0) is 9.84 Å². The molecule has 1 heterocycles. The van der Waals surface area contributed by atoms with Crippen molar-refractivity contribution in [2.45, 2.75) is 14.8 Å². The highest BCUT2D eigenvalue weighted by Crippen LogP contribution is 2.27. The van der Waals surface area contributed by atoms with Crippen LogP contribution in [0.2, 0.25) is 0 Å². The van der Waals surface area contributed by atoms with E-state index < -0.39 is 9.84 Å². The standard InChI is InChI=1S/C10H10N2O2S2/c1-15-10-9(7-11-12-10)16(13,14)8-5-3-2-4-6-8/h2-7H,1H3,(H,11,12). The van der Waals surface area contributed by atoms with Crippen LogP contribution in [0.5, 0.6) is 0 Å². The van der Waals surface area contributed by atoms with Crippen molar-refractivity contribution in [3.05, 3.63) is 36.5 Å². The van der Waals surface area contributed by atoms with Gasteiger partial charge in [-0.25, -0.2) is 8.42 Å². The molecule has 0 spiro atoms. The van der Waals surface area contributed by atoms with Gasteiger partial charge in [0, 0.05) is 0 Å². The first kappa shape index (κ1) is 11.2. The summed E-state index contributed by atoms with van der Waals surface area (Å²) in [4.78, 5) is 0.512. The van der Waals surface area contributed by atoms with Gasteiger partial charge in [0.05, 0.1) is 11.1 Å². The molecule has 0 amide bonds. The van der Waals surface area contributed by atoms with E-state index in [4.69, 9.17) is 0 Å². The van der Waals surface area contributed by atoms with Crippen molar-refractivity contribution in [2.75, 3.05) is 6.26 Å². The molecule has 0 saturated carbocycles. The van der Waals surface area contributed by atoms with Gasteiger partial charge in [0.25, 0.3) is 0 Å². The Morgan fingerprint density at radius 1 is 1.25 bits per heavy atom. The summed E-state index contributed by atoms with van der Waals surface area (Å²) in [5, 5.41) is 6.98. The summed E-state index contributed by atoms with van der Waals surface area (Å²) in [5.74, 6) is 0. The number of rotatable bonds is 3. The molecule has 84 valence electrons. The third kappa shape index (κ3) is 1.85. The lowest BCUT2D eigenvalue weighted by Crippen LogP contribution is -2.01. The quantitative estimate of drug-likeness (QED) is 0.851. The molecule has 0 radical (unpaired) electrons. The maximum Gasteiger partial charge on any atom is 0.210 e. The second-order valence-electron chi connectivity index (χ2n) is 3.08. The van der Waals surface area contributed by atoms with Crippen LogP contribution in [0.15, 0.2) is 51.3 Å². The van der Waals surface area contributed by atoms with Crippen molar-refractivity contribution < 1.29 is 8.42 Å². The zero-order valence-corrected chi connectivity index (χ0v) is 10.2.